The molecule has 18 heavy (non-hydrogen) atoms. The fourth-order valence-electron chi connectivity index (χ4n) is 2.40. The van der Waals surface area contributed by atoms with E-state index >= 15 is 0 Å². The molecule has 0 heterocycles. The van der Waals surface area contributed by atoms with Crippen molar-refractivity contribution in [3.63, 3.8) is 0 Å². The van der Waals surface area contributed by atoms with Crippen LogP contribution in [0.1, 0.15) is 64.0 Å². The monoisotopic (exact) mass is 247 g/mol. The van der Waals surface area contributed by atoms with Gasteiger partial charge in [0.1, 0.15) is 0 Å². The molecule has 1 N–H and O–H groups in total. The van der Waals surface area contributed by atoms with Gasteiger partial charge in [0.05, 0.1) is 0 Å². The highest BCUT2D eigenvalue weighted by atomic mass is 14.9. The Hall–Kier alpha value is -0.820. The van der Waals surface area contributed by atoms with Crippen molar-refractivity contribution in [3.05, 3.63) is 35.4 Å². The van der Waals surface area contributed by atoms with Crippen LogP contribution >= 0.6 is 0 Å². The minimum atomic E-state index is 0.633. The molecule has 1 unspecified atom stereocenters. The Morgan fingerprint density at radius 1 is 1.00 bits per heavy atom. The van der Waals surface area contributed by atoms with Crippen molar-refractivity contribution in [2.75, 3.05) is 6.54 Å². The van der Waals surface area contributed by atoms with Crippen molar-refractivity contribution in [1.29, 1.82) is 0 Å². The molecule has 0 spiro atoms. The van der Waals surface area contributed by atoms with E-state index in [1.165, 1.54) is 36.8 Å². The molecule has 1 rings (SSSR count). The molecule has 0 aliphatic carbocycles. The van der Waals surface area contributed by atoms with E-state index in [1.807, 2.05) is 0 Å². The summed E-state index contributed by atoms with van der Waals surface area (Å²) in [7, 11) is 0. The maximum atomic E-state index is 3.58. The van der Waals surface area contributed by atoms with E-state index in [4.69, 9.17) is 0 Å². The van der Waals surface area contributed by atoms with Gasteiger partial charge in [-0.3, -0.25) is 0 Å². The van der Waals surface area contributed by atoms with Gasteiger partial charge in [-0.25, -0.2) is 0 Å². The average molecular weight is 247 g/mol. The molecule has 0 bridgehead atoms. The summed E-state index contributed by atoms with van der Waals surface area (Å²) in [6.45, 7) is 10.0. The third-order valence-electron chi connectivity index (χ3n) is 3.56. The first-order valence-electron chi connectivity index (χ1n) is 7.49. The summed E-state index contributed by atoms with van der Waals surface area (Å²) < 4.78 is 0. The van der Waals surface area contributed by atoms with Crippen LogP contribution in [0.4, 0.5) is 0 Å². The fraction of sp³-hybridized carbons (Fsp3) is 0.647. The summed E-state index contributed by atoms with van der Waals surface area (Å²) in [5, 5.41) is 3.58. The van der Waals surface area contributed by atoms with Crippen LogP contribution in [0.3, 0.4) is 0 Å². The van der Waals surface area contributed by atoms with Gasteiger partial charge in [-0.15, -0.1) is 0 Å². The highest BCUT2D eigenvalue weighted by Crippen LogP contribution is 2.16. The van der Waals surface area contributed by atoms with Gasteiger partial charge in [0.25, 0.3) is 0 Å². The minimum Gasteiger partial charge on any atom is -0.314 e. The summed E-state index contributed by atoms with van der Waals surface area (Å²) >= 11 is 0. The zero-order chi connectivity index (χ0) is 13.4. The molecule has 0 saturated heterocycles. The number of hydrogen-bond acceptors (Lipinski definition) is 1. The molecule has 0 aromatic heterocycles. The Kier molecular flexibility index (Phi) is 7.04. The van der Waals surface area contributed by atoms with Crippen LogP contribution in [-0.4, -0.2) is 12.6 Å². The molecule has 1 nitrogen and oxygen atoms in total. The van der Waals surface area contributed by atoms with E-state index in [-0.39, 0.29) is 0 Å². The summed E-state index contributed by atoms with van der Waals surface area (Å²) in [6, 6.07) is 9.84. The van der Waals surface area contributed by atoms with Gasteiger partial charge in [-0.05, 0) is 42.9 Å². The zero-order valence-corrected chi connectivity index (χ0v) is 12.5. The van der Waals surface area contributed by atoms with Gasteiger partial charge >= 0.3 is 0 Å². The predicted molar refractivity (Wildman–Crippen MR) is 81.2 cm³/mol. The largest absolute Gasteiger partial charge is 0.314 e. The molecule has 1 heteroatoms. The Balaban J connectivity index is 2.46. The van der Waals surface area contributed by atoms with Gasteiger partial charge in [-0.1, -0.05) is 58.4 Å². The second kappa shape index (κ2) is 8.31. The van der Waals surface area contributed by atoms with Gasteiger partial charge in [-0.2, -0.15) is 0 Å². The summed E-state index contributed by atoms with van der Waals surface area (Å²) in [5.41, 5.74) is 2.91. The first kappa shape index (κ1) is 15.2. The first-order chi connectivity index (χ1) is 8.67. The number of aryl methyl sites for hydroxylation is 1. The second-order valence-corrected chi connectivity index (χ2v) is 5.48. The van der Waals surface area contributed by atoms with Crippen molar-refractivity contribution in [2.24, 2.45) is 0 Å². The summed E-state index contributed by atoms with van der Waals surface area (Å²) in [6.07, 6.45) is 5.00. The van der Waals surface area contributed by atoms with Gasteiger partial charge in [0, 0.05) is 6.04 Å². The minimum absolute atomic E-state index is 0.633. The standard InChI is InChI=1S/C17H29N/c1-5-7-17(18-6-2)13-10-15-8-11-16(12-9-15)14(3)4/h8-9,11-12,14,17-18H,5-7,10,13H2,1-4H3. The van der Waals surface area contributed by atoms with E-state index in [2.05, 4.69) is 57.3 Å². The molecule has 0 saturated carbocycles. The lowest BCUT2D eigenvalue weighted by Crippen LogP contribution is -2.29. The maximum absolute atomic E-state index is 3.58. The first-order valence-corrected chi connectivity index (χ1v) is 7.49. The van der Waals surface area contributed by atoms with Crippen molar-refractivity contribution >= 4 is 0 Å². The smallest absolute Gasteiger partial charge is 0.00700 e. The van der Waals surface area contributed by atoms with Crippen molar-refractivity contribution in [2.45, 2.75) is 65.3 Å². The molecule has 0 radical (unpaired) electrons. The quantitative estimate of drug-likeness (QED) is 0.712. The SMILES string of the molecule is CCCC(CCc1ccc(C(C)C)cc1)NCC. The van der Waals surface area contributed by atoms with Gasteiger partial charge < -0.3 is 5.32 Å². The van der Waals surface area contributed by atoms with E-state index in [0.717, 1.165) is 6.54 Å². The number of hydrogen-bond donors (Lipinski definition) is 1. The molecular formula is C17H29N. The predicted octanol–water partition coefficient (Wildman–Crippen LogP) is 4.52. The van der Waals surface area contributed by atoms with Crippen LogP contribution in [-0.2, 0) is 6.42 Å². The Labute approximate surface area is 113 Å². The van der Waals surface area contributed by atoms with E-state index < -0.39 is 0 Å². The second-order valence-electron chi connectivity index (χ2n) is 5.48. The molecule has 1 aromatic rings. The molecular weight excluding hydrogens is 218 g/mol. The van der Waals surface area contributed by atoms with Crippen LogP contribution in [0, 0.1) is 0 Å². The third kappa shape index (κ3) is 5.22. The topological polar surface area (TPSA) is 12.0 Å². The van der Waals surface area contributed by atoms with Crippen molar-refractivity contribution in [3.8, 4) is 0 Å². The normalized spacial score (nSPS) is 12.9. The third-order valence-corrected chi connectivity index (χ3v) is 3.56. The Morgan fingerprint density at radius 2 is 1.67 bits per heavy atom. The summed E-state index contributed by atoms with van der Waals surface area (Å²) in [5.74, 6) is 0.633. The van der Waals surface area contributed by atoms with Crippen molar-refractivity contribution < 1.29 is 0 Å². The number of benzene rings is 1. The molecule has 0 fully saturated rings. The van der Waals surface area contributed by atoms with Gasteiger partial charge in [0.15, 0.2) is 0 Å². The lowest BCUT2D eigenvalue weighted by Gasteiger charge is -2.17. The van der Waals surface area contributed by atoms with Crippen LogP contribution < -0.4 is 5.32 Å². The van der Waals surface area contributed by atoms with Crippen LogP contribution in [0.2, 0.25) is 0 Å². The average Bonchev–Trinajstić information content (AvgIpc) is 2.37. The lowest BCUT2D eigenvalue weighted by atomic mass is 9.98. The van der Waals surface area contributed by atoms with E-state index in [0.29, 0.717) is 12.0 Å². The molecule has 1 atom stereocenters. The summed E-state index contributed by atoms with van der Waals surface area (Å²) in [4.78, 5) is 0. The van der Waals surface area contributed by atoms with Crippen LogP contribution in [0.25, 0.3) is 0 Å². The van der Waals surface area contributed by atoms with Crippen molar-refractivity contribution in [1.82, 2.24) is 5.32 Å². The molecule has 102 valence electrons. The number of nitrogens with one attached hydrogen (secondary N) is 1. The maximum Gasteiger partial charge on any atom is 0.00700 e. The van der Waals surface area contributed by atoms with Gasteiger partial charge in [0.2, 0.25) is 0 Å². The Bertz CT molecular complexity index is 307. The number of rotatable bonds is 8. The Morgan fingerprint density at radius 3 is 2.17 bits per heavy atom. The van der Waals surface area contributed by atoms with E-state index in [9.17, 15) is 0 Å². The molecule has 0 amide bonds. The van der Waals surface area contributed by atoms with E-state index in [1.54, 1.807) is 0 Å². The molecule has 0 aliphatic rings. The van der Waals surface area contributed by atoms with Crippen LogP contribution in [0.5, 0.6) is 0 Å². The highest BCUT2D eigenvalue weighted by Gasteiger charge is 2.06. The highest BCUT2D eigenvalue weighted by molar-refractivity contribution is 5.24. The molecule has 0 aliphatic heterocycles. The fourth-order valence-corrected chi connectivity index (χ4v) is 2.40. The molecule has 1 aromatic carbocycles. The zero-order valence-electron chi connectivity index (χ0n) is 12.5. The van der Waals surface area contributed by atoms with Crippen LogP contribution in [0.15, 0.2) is 24.3 Å². The lowest BCUT2D eigenvalue weighted by molar-refractivity contribution is 0.460.